The lowest BCUT2D eigenvalue weighted by molar-refractivity contribution is -0.119. The van der Waals surface area contributed by atoms with E-state index in [4.69, 9.17) is 23.2 Å². The van der Waals surface area contributed by atoms with Crippen molar-refractivity contribution in [2.24, 2.45) is 0 Å². The van der Waals surface area contributed by atoms with Gasteiger partial charge in [0.1, 0.15) is 6.54 Å². The smallest absolute Gasteiger partial charge is 0.264 e. The minimum atomic E-state index is -3.96. The van der Waals surface area contributed by atoms with Crippen molar-refractivity contribution in [2.75, 3.05) is 23.1 Å². The molecule has 0 saturated carbocycles. The van der Waals surface area contributed by atoms with Crippen LogP contribution in [0.4, 0.5) is 5.69 Å². The van der Waals surface area contributed by atoms with Crippen molar-refractivity contribution in [3.8, 4) is 0 Å². The van der Waals surface area contributed by atoms with E-state index in [1.54, 1.807) is 23.9 Å². The number of rotatable bonds is 11. The lowest BCUT2D eigenvalue weighted by Gasteiger charge is -2.24. The fourth-order valence-corrected chi connectivity index (χ4v) is 5.94. The number of aryl methyl sites for hydroxylation is 1. The first-order chi connectivity index (χ1) is 16.3. The molecule has 3 aromatic rings. The quantitative estimate of drug-likeness (QED) is 0.308. The highest BCUT2D eigenvalue weighted by Crippen LogP contribution is 2.25. The summed E-state index contributed by atoms with van der Waals surface area (Å²) in [6, 6.07) is 20.7. The summed E-state index contributed by atoms with van der Waals surface area (Å²) in [5.74, 6) is 1.28. The summed E-state index contributed by atoms with van der Waals surface area (Å²) in [6.45, 7) is 2.05. The van der Waals surface area contributed by atoms with Crippen LogP contribution in [0.15, 0.2) is 77.7 Å². The largest absolute Gasteiger partial charge is 0.354 e. The van der Waals surface area contributed by atoms with Crippen molar-refractivity contribution in [3.05, 3.63) is 94.0 Å². The van der Waals surface area contributed by atoms with Crippen molar-refractivity contribution in [1.29, 1.82) is 0 Å². The second-order valence-electron chi connectivity index (χ2n) is 7.65. The van der Waals surface area contributed by atoms with E-state index in [1.165, 1.54) is 24.3 Å². The molecule has 1 N–H and O–H groups in total. The predicted molar refractivity (Wildman–Crippen MR) is 142 cm³/mol. The summed E-state index contributed by atoms with van der Waals surface area (Å²) in [4.78, 5) is 12.7. The first-order valence-corrected chi connectivity index (χ1v) is 14.1. The van der Waals surface area contributed by atoms with E-state index in [0.717, 1.165) is 38.4 Å². The highest BCUT2D eigenvalue weighted by atomic mass is 35.5. The number of halogens is 2. The van der Waals surface area contributed by atoms with Crippen LogP contribution in [0.3, 0.4) is 0 Å². The van der Waals surface area contributed by atoms with Crippen LogP contribution in [0.25, 0.3) is 0 Å². The average molecular weight is 538 g/mol. The molecule has 3 rings (SSSR count). The zero-order valence-corrected chi connectivity index (χ0v) is 21.9. The van der Waals surface area contributed by atoms with Gasteiger partial charge in [-0.25, -0.2) is 8.42 Å². The maximum atomic E-state index is 13.3. The number of thioether (sulfide) groups is 1. The molecule has 0 unspecified atom stereocenters. The van der Waals surface area contributed by atoms with Crippen molar-refractivity contribution in [2.45, 2.75) is 24.0 Å². The van der Waals surface area contributed by atoms with Crippen LogP contribution in [-0.2, 0) is 20.6 Å². The average Bonchev–Trinajstić information content (AvgIpc) is 2.82. The Morgan fingerprint density at radius 3 is 2.32 bits per heavy atom. The van der Waals surface area contributed by atoms with Crippen LogP contribution < -0.4 is 9.62 Å². The van der Waals surface area contributed by atoms with Gasteiger partial charge in [0.15, 0.2) is 0 Å². The molecule has 0 aliphatic rings. The van der Waals surface area contributed by atoms with Crippen LogP contribution in [0.2, 0.25) is 10.0 Å². The maximum Gasteiger partial charge on any atom is 0.264 e. The number of amides is 1. The highest BCUT2D eigenvalue weighted by molar-refractivity contribution is 7.98. The number of hydrogen-bond donors (Lipinski definition) is 1. The molecule has 5 nitrogen and oxygen atoms in total. The van der Waals surface area contributed by atoms with Gasteiger partial charge in [0.25, 0.3) is 10.0 Å². The molecule has 1 amide bonds. The molecule has 180 valence electrons. The van der Waals surface area contributed by atoms with E-state index >= 15 is 0 Å². The molecule has 0 fully saturated rings. The Morgan fingerprint density at radius 1 is 0.971 bits per heavy atom. The van der Waals surface area contributed by atoms with Gasteiger partial charge in [-0.2, -0.15) is 11.8 Å². The minimum absolute atomic E-state index is 0.0706. The van der Waals surface area contributed by atoms with Crippen LogP contribution in [0.5, 0.6) is 0 Å². The Bertz CT molecular complexity index is 1200. The zero-order valence-electron chi connectivity index (χ0n) is 18.7. The number of carbonyl (C=O) groups is 1. The molecule has 0 aliphatic heterocycles. The number of nitrogens with zero attached hydrogens (tertiary/aromatic N) is 1. The molecular formula is C25H26Cl2N2O3S2. The monoisotopic (exact) mass is 536 g/mol. The Hall–Kier alpha value is -2.19. The van der Waals surface area contributed by atoms with Gasteiger partial charge in [0.2, 0.25) is 5.91 Å². The van der Waals surface area contributed by atoms with Gasteiger partial charge in [0.05, 0.1) is 10.6 Å². The normalized spacial score (nSPS) is 11.3. The van der Waals surface area contributed by atoms with Gasteiger partial charge in [-0.05, 0) is 67.1 Å². The molecule has 0 aromatic heterocycles. The number of anilines is 1. The fraction of sp³-hybridized carbons (Fsp3) is 0.240. The molecule has 0 saturated heterocycles. The molecule has 0 aliphatic carbocycles. The summed E-state index contributed by atoms with van der Waals surface area (Å²) in [5, 5.41) is 4.02. The predicted octanol–water partition coefficient (Wildman–Crippen LogP) is 5.94. The second-order valence-corrected chi connectivity index (χ2v) is 11.5. The van der Waals surface area contributed by atoms with Gasteiger partial charge in [-0.3, -0.25) is 9.10 Å². The highest BCUT2D eigenvalue weighted by Gasteiger charge is 2.27. The van der Waals surface area contributed by atoms with E-state index in [9.17, 15) is 13.2 Å². The van der Waals surface area contributed by atoms with E-state index in [1.807, 2.05) is 43.3 Å². The van der Waals surface area contributed by atoms with Gasteiger partial charge in [-0.1, -0.05) is 59.1 Å². The maximum absolute atomic E-state index is 13.3. The Labute approximate surface area is 215 Å². The van der Waals surface area contributed by atoms with Crippen LogP contribution in [0.1, 0.15) is 17.5 Å². The number of hydrogen-bond acceptors (Lipinski definition) is 4. The van der Waals surface area contributed by atoms with Crippen molar-refractivity contribution in [3.63, 3.8) is 0 Å². The Morgan fingerprint density at radius 2 is 1.65 bits per heavy atom. The summed E-state index contributed by atoms with van der Waals surface area (Å²) >= 11 is 13.8. The van der Waals surface area contributed by atoms with Gasteiger partial charge in [0, 0.05) is 22.3 Å². The Balaban J connectivity index is 1.59. The molecule has 0 bridgehead atoms. The molecule has 9 heteroatoms. The topological polar surface area (TPSA) is 66.5 Å². The third-order valence-corrected chi connectivity index (χ3v) is 8.52. The Kier molecular flexibility index (Phi) is 9.71. The molecule has 0 heterocycles. The molecular weight excluding hydrogens is 511 g/mol. The van der Waals surface area contributed by atoms with Crippen LogP contribution in [0, 0.1) is 6.92 Å². The first-order valence-electron chi connectivity index (χ1n) is 10.7. The van der Waals surface area contributed by atoms with Crippen molar-refractivity contribution >= 4 is 56.6 Å². The molecule has 3 aromatic carbocycles. The first kappa shape index (κ1) is 26.4. The number of carbonyl (C=O) groups excluding carboxylic acids is 1. The summed E-state index contributed by atoms with van der Waals surface area (Å²) in [7, 11) is -3.96. The van der Waals surface area contributed by atoms with Crippen LogP contribution >= 0.6 is 35.0 Å². The van der Waals surface area contributed by atoms with E-state index in [2.05, 4.69) is 5.32 Å². The summed E-state index contributed by atoms with van der Waals surface area (Å²) in [5.41, 5.74) is 2.50. The third kappa shape index (κ3) is 7.40. The van der Waals surface area contributed by atoms with Crippen LogP contribution in [-0.4, -0.2) is 33.2 Å². The summed E-state index contributed by atoms with van der Waals surface area (Å²) in [6.07, 6.45) is 0.759. The third-order valence-electron chi connectivity index (χ3n) is 5.01. The lowest BCUT2D eigenvalue weighted by Crippen LogP contribution is -2.41. The minimum Gasteiger partial charge on any atom is -0.354 e. The standard InChI is InChI=1S/C25H26Cl2N2O3S2/c1-19-7-11-22(12-8-19)29(34(31,32)23-13-9-21(26)10-14-23)17-25(30)28-15-4-16-33-18-20-5-2-3-6-24(20)27/h2-3,5-14H,4,15-18H2,1H3,(H,28,30). The van der Waals surface area contributed by atoms with Crippen molar-refractivity contribution in [1.82, 2.24) is 5.32 Å². The number of benzene rings is 3. The van der Waals surface area contributed by atoms with E-state index < -0.39 is 10.0 Å². The number of nitrogens with one attached hydrogen (secondary N) is 1. The van der Waals surface area contributed by atoms with Gasteiger partial charge in [-0.15, -0.1) is 0 Å². The summed E-state index contributed by atoms with van der Waals surface area (Å²) < 4.78 is 27.8. The van der Waals surface area contributed by atoms with E-state index in [0.29, 0.717) is 17.3 Å². The molecule has 0 spiro atoms. The second kappa shape index (κ2) is 12.5. The fourth-order valence-electron chi connectivity index (χ4n) is 3.15. The van der Waals surface area contributed by atoms with E-state index in [-0.39, 0.29) is 17.3 Å². The van der Waals surface area contributed by atoms with Gasteiger partial charge < -0.3 is 5.32 Å². The van der Waals surface area contributed by atoms with Gasteiger partial charge >= 0.3 is 0 Å². The zero-order chi connectivity index (χ0) is 24.6. The molecule has 0 radical (unpaired) electrons. The SMILES string of the molecule is Cc1ccc(N(CC(=O)NCCCSCc2ccccc2Cl)S(=O)(=O)c2ccc(Cl)cc2)cc1. The number of sulfonamides is 1. The molecule has 34 heavy (non-hydrogen) atoms. The van der Waals surface area contributed by atoms with Crippen molar-refractivity contribution < 1.29 is 13.2 Å². The molecule has 0 atom stereocenters. The lowest BCUT2D eigenvalue weighted by atomic mass is 10.2.